The van der Waals surface area contributed by atoms with Crippen LogP contribution in [0.2, 0.25) is 0 Å². The lowest BCUT2D eigenvalue weighted by molar-refractivity contribution is -0.137. The number of morpholine rings is 1. The van der Waals surface area contributed by atoms with Crippen LogP contribution in [0.1, 0.15) is 43.4 Å². The fourth-order valence-corrected chi connectivity index (χ4v) is 5.37. The standard InChI is InChI=1S/C33H35BrN4O5/c1-5-42-30-16-22(4)27(18-26(30)21(2)3)32-36-28-9-7-6-8-25(28)33(40)38(32)35-19-23-17-24(34)10-11-29(23)43-20-31(39)37-12-14-41-15-13-37/h6-11,16-19,21H,5,12-15,20H2,1-4H3. The maximum Gasteiger partial charge on any atom is 0.282 e. The summed E-state index contributed by atoms with van der Waals surface area (Å²) in [6, 6.07) is 16.7. The van der Waals surface area contributed by atoms with Gasteiger partial charge in [0.05, 0.1) is 36.9 Å². The number of carbonyl (C=O) groups is 1. The molecule has 1 aliphatic rings. The second kappa shape index (κ2) is 13.5. The zero-order chi connectivity index (χ0) is 30.5. The first-order valence-corrected chi connectivity index (χ1v) is 15.2. The highest BCUT2D eigenvalue weighted by Crippen LogP contribution is 2.34. The second-order valence-corrected chi connectivity index (χ2v) is 11.5. The summed E-state index contributed by atoms with van der Waals surface area (Å²) < 4.78 is 19.4. The zero-order valence-electron chi connectivity index (χ0n) is 24.8. The third-order valence-electron chi connectivity index (χ3n) is 7.27. The SMILES string of the molecule is CCOc1cc(C)c(-c2nc3ccccc3c(=O)n2N=Cc2cc(Br)ccc2OCC(=O)N2CCOCC2)cc1C(C)C. The number of carbonyl (C=O) groups excluding carboxylic acids is 1. The molecule has 1 aromatic heterocycles. The molecule has 5 rings (SSSR count). The van der Waals surface area contributed by atoms with Crippen LogP contribution in [0, 0.1) is 6.92 Å². The van der Waals surface area contributed by atoms with Gasteiger partial charge in [0, 0.05) is 28.7 Å². The Morgan fingerprint density at radius 1 is 1.09 bits per heavy atom. The van der Waals surface area contributed by atoms with Crippen LogP contribution in [-0.2, 0) is 9.53 Å². The van der Waals surface area contributed by atoms with Crippen LogP contribution in [0.5, 0.6) is 11.5 Å². The Bertz CT molecular complexity index is 1730. The molecule has 0 saturated carbocycles. The van der Waals surface area contributed by atoms with Crippen molar-refractivity contribution in [3.05, 3.63) is 86.1 Å². The van der Waals surface area contributed by atoms with Crippen LogP contribution in [0.4, 0.5) is 0 Å². The van der Waals surface area contributed by atoms with Crippen molar-refractivity contribution in [3.8, 4) is 22.9 Å². The number of benzene rings is 3. The normalized spacial score (nSPS) is 13.7. The zero-order valence-corrected chi connectivity index (χ0v) is 26.4. The fourth-order valence-electron chi connectivity index (χ4n) is 4.99. The van der Waals surface area contributed by atoms with E-state index < -0.39 is 0 Å². The van der Waals surface area contributed by atoms with Crippen molar-refractivity contribution in [2.45, 2.75) is 33.6 Å². The lowest BCUT2D eigenvalue weighted by Gasteiger charge is -2.26. The highest BCUT2D eigenvalue weighted by molar-refractivity contribution is 9.10. The average molecular weight is 648 g/mol. The van der Waals surface area contributed by atoms with Crippen LogP contribution in [0.15, 0.2) is 69.0 Å². The van der Waals surface area contributed by atoms with Gasteiger partial charge in [0.15, 0.2) is 12.4 Å². The summed E-state index contributed by atoms with van der Waals surface area (Å²) in [6.45, 7) is 10.7. The lowest BCUT2D eigenvalue weighted by Crippen LogP contribution is -2.43. The van der Waals surface area contributed by atoms with Gasteiger partial charge in [-0.2, -0.15) is 9.78 Å². The van der Waals surface area contributed by atoms with E-state index in [1.807, 2.05) is 56.3 Å². The molecule has 0 aliphatic carbocycles. The van der Waals surface area contributed by atoms with Crippen LogP contribution in [0.25, 0.3) is 22.3 Å². The first kappa shape index (κ1) is 30.4. The largest absolute Gasteiger partial charge is 0.494 e. The molecule has 1 aliphatic heterocycles. The maximum absolute atomic E-state index is 13.9. The second-order valence-electron chi connectivity index (χ2n) is 10.6. The Labute approximate surface area is 259 Å². The number of ether oxygens (including phenoxy) is 3. The molecular weight excluding hydrogens is 612 g/mol. The van der Waals surface area contributed by atoms with Crippen molar-refractivity contribution >= 4 is 39.0 Å². The third kappa shape index (κ3) is 6.81. The van der Waals surface area contributed by atoms with Crippen LogP contribution < -0.4 is 15.0 Å². The Morgan fingerprint density at radius 2 is 1.86 bits per heavy atom. The van der Waals surface area contributed by atoms with E-state index in [-0.39, 0.29) is 24.0 Å². The molecule has 9 nitrogen and oxygen atoms in total. The summed E-state index contributed by atoms with van der Waals surface area (Å²) in [7, 11) is 0. The van der Waals surface area contributed by atoms with Crippen LogP contribution in [0.3, 0.4) is 0 Å². The van der Waals surface area contributed by atoms with E-state index in [0.29, 0.717) is 61.0 Å². The minimum atomic E-state index is -0.295. The lowest BCUT2D eigenvalue weighted by atomic mass is 9.96. The number of aromatic nitrogens is 2. The van der Waals surface area contributed by atoms with Gasteiger partial charge < -0.3 is 19.1 Å². The number of fused-ring (bicyclic) bond motifs is 1. The molecular formula is C33H35BrN4O5. The number of halogens is 1. The molecule has 43 heavy (non-hydrogen) atoms. The van der Waals surface area contributed by atoms with Crippen molar-refractivity contribution in [1.82, 2.24) is 14.6 Å². The van der Waals surface area contributed by atoms with E-state index in [9.17, 15) is 9.59 Å². The summed E-state index contributed by atoms with van der Waals surface area (Å²) in [6.07, 6.45) is 1.56. The van der Waals surface area contributed by atoms with Crippen LogP contribution in [-0.4, -0.2) is 66.2 Å². The van der Waals surface area contributed by atoms with Gasteiger partial charge in [-0.1, -0.05) is 41.9 Å². The molecule has 0 radical (unpaired) electrons. The minimum Gasteiger partial charge on any atom is -0.494 e. The molecule has 1 saturated heterocycles. The van der Waals surface area contributed by atoms with Crippen molar-refractivity contribution in [3.63, 3.8) is 0 Å². The molecule has 0 N–H and O–H groups in total. The van der Waals surface area contributed by atoms with E-state index in [2.05, 4.69) is 34.9 Å². The maximum atomic E-state index is 13.9. The Balaban J connectivity index is 1.58. The molecule has 3 aromatic carbocycles. The van der Waals surface area contributed by atoms with Gasteiger partial charge in [-0.25, -0.2) is 4.98 Å². The highest BCUT2D eigenvalue weighted by atomic mass is 79.9. The first-order valence-electron chi connectivity index (χ1n) is 14.4. The van der Waals surface area contributed by atoms with Gasteiger partial charge in [-0.05, 0) is 73.4 Å². The summed E-state index contributed by atoms with van der Waals surface area (Å²) in [5, 5.41) is 5.12. The van der Waals surface area contributed by atoms with Crippen molar-refractivity contribution in [1.29, 1.82) is 0 Å². The number of amides is 1. The van der Waals surface area contributed by atoms with Gasteiger partial charge in [0.2, 0.25) is 0 Å². The Morgan fingerprint density at radius 3 is 2.60 bits per heavy atom. The van der Waals surface area contributed by atoms with E-state index >= 15 is 0 Å². The number of para-hydroxylation sites is 1. The Hall–Kier alpha value is -4.02. The molecule has 0 atom stereocenters. The fraction of sp³-hybridized carbons (Fsp3) is 0.333. The summed E-state index contributed by atoms with van der Waals surface area (Å²) >= 11 is 3.51. The average Bonchev–Trinajstić information content (AvgIpc) is 3.00. The number of nitrogens with zero attached hydrogens (tertiary/aromatic N) is 4. The third-order valence-corrected chi connectivity index (χ3v) is 7.77. The monoisotopic (exact) mass is 646 g/mol. The van der Waals surface area contributed by atoms with Gasteiger partial charge >= 0.3 is 0 Å². The summed E-state index contributed by atoms with van der Waals surface area (Å²) in [4.78, 5) is 33.2. The number of hydrogen-bond acceptors (Lipinski definition) is 7. The Kier molecular flexibility index (Phi) is 9.57. The topological polar surface area (TPSA) is 95.2 Å². The molecule has 2 heterocycles. The van der Waals surface area contributed by atoms with Crippen molar-refractivity contribution in [2.24, 2.45) is 5.10 Å². The quantitative estimate of drug-likeness (QED) is 0.214. The van der Waals surface area contributed by atoms with Crippen molar-refractivity contribution in [2.75, 3.05) is 39.5 Å². The molecule has 0 bridgehead atoms. The van der Waals surface area contributed by atoms with E-state index in [1.54, 1.807) is 23.2 Å². The molecule has 1 fully saturated rings. The van der Waals surface area contributed by atoms with Gasteiger partial charge in [0.1, 0.15) is 11.5 Å². The van der Waals surface area contributed by atoms with Gasteiger partial charge in [0.25, 0.3) is 11.5 Å². The molecule has 0 spiro atoms. The van der Waals surface area contributed by atoms with Gasteiger partial charge in [-0.15, -0.1) is 0 Å². The predicted octanol–water partition coefficient (Wildman–Crippen LogP) is 5.78. The van der Waals surface area contributed by atoms with Crippen LogP contribution >= 0.6 is 15.9 Å². The first-order chi connectivity index (χ1) is 20.8. The number of rotatable bonds is 9. The minimum absolute atomic E-state index is 0.113. The number of aryl methyl sites for hydroxylation is 1. The number of hydrogen-bond donors (Lipinski definition) is 0. The van der Waals surface area contributed by atoms with Crippen molar-refractivity contribution < 1.29 is 19.0 Å². The molecule has 10 heteroatoms. The molecule has 224 valence electrons. The molecule has 0 unspecified atom stereocenters. The summed E-state index contributed by atoms with van der Waals surface area (Å²) in [5.74, 6) is 1.78. The highest BCUT2D eigenvalue weighted by Gasteiger charge is 2.20. The smallest absolute Gasteiger partial charge is 0.282 e. The predicted molar refractivity (Wildman–Crippen MR) is 171 cm³/mol. The molecule has 4 aromatic rings. The van der Waals surface area contributed by atoms with E-state index in [4.69, 9.17) is 19.2 Å². The van der Waals surface area contributed by atoms with E-state index in [1.165, 1.54) is 4.68 Å². The van der Waals surface area contributed by atoms with E-state index in [0.717, 1.165) is 26.9 Å². The molecule has 1 amide bonds. The van der Waals surface area contributed by atoms with Gasteiger partial charge in [-0.3, -0.25) is 9.59 Å². The summed E-state index contributed by atoms with van der Waals surface area (Å²) in [5.41, 5.74) is 3.60.